The summed E-state index contributed by atoms with van der Waals surface area (Å²) in [6, 6.07) is 7.83. The van der Waals surface area contributed by atoms with Crippen molar-refractivity contribution in [2.24, 2.45) is 11.7 Å². The van der Waals surface area contributed by atoms with E-state index in [4.69, 9.17) is 16.7 Å². The smallest absolute Gasteiger partial charge is 0.303 e. The minimum atomic E-state index is -0.777. The van der Waals surface area contributed by atoms with Gasteiger partial charge < -0.3 is 20.5 Å². The first-order valence-electron chi connectivity index (χ1n) is 14.0. The molecule has 0 spiro atoms. The summed E-state index contributed by atoms with van der Waals surface area (Å²) in [4.78, 5) is 23.2. The molecule has 0 bridgehead atoms. The van der Waals surface area contributed by atoms with E-state index in [-0.39, 0.29) is 6.42 Å². The van der Waals surface area contributed by atoms with Crippen LogP contribution >= 0.6 is 11.6 Å². The van der Waals surface area contributed by atoms with Gasteiger partial charge in [-0.05, 0) is 70.5 Å². The summed E-state index contributed by atoms with van der Waals surface area (Å²) in [6.07, 6.45) is 18.7. The molecule has 216 valence electrons. The van der Waals surface area contributed by atoms with Crippen molar-refractivity contribution in [2.75, 3.05) is 27.2 Å². The molecule has 1 atom stereocenters. The van der Waals surface area contributed by atoms with Gasteiger partial charge in [0, 0.05) is 23.9 Å². The van der Waals surface area contributed by atoms with Gasteiger partial charge in [-0.25, -0.2) is 0 Å². The van der Waals surface area contributed by atoms with Crippen LogP contribution in [-0.2, 0) is 16.0 Å². The number of carbonyl (C=O) groups is 2. The van der Waals surface area contributed by atoms with Crippen LogP contribution in [0.2, 0.25) is 0 Å². The van der Waals surface area contributed by atoms with E-state index in [2.05, 4.69) is 31.5 Å². The monoisotopic (exact) mass is 548 g/mol. The molecule has 0 aromatic heterocycles. The Morgan fingerprint density at radius 2 is 1.71 bits per heavy atom. The maximum absolute atomic E-state index is 10.5. The van der Waals surface area contributed by atoms with Crippen molar-refractivity contribution in [3.8, 4) is 0 Å². The number of hydrogen-bond acceptors (Lipinski definition) is 4. The summed E-state index contributed by atoms with van der Waals surface area (Å²) in [6.45, 7) is 10.4. The highest BCUT2D eigenvalue weighted by molar-refractivity contribution is 6.32. The Bertz CT molecular complexity index is 808. The molecule has 1 aliphatic rings. The third-order valence-corrected chi connectivity index (χ3v) is 6.09. The second-order valence-electron chi connectivity index (χ2n) is 9.28. The standard InChI is InChI=1S/C17H19ClO2.C8H15NO.C6H14.CH5N/c1-3-4-5-6-16(13(2)18)15-10-7-14(8-11-15)9-12-17(19)20;1-9-5-3-2-4-8(6-9)7-10;1-3-5-6-4-2;1-2/h3-8,10-11H,9,12H2,1-2H3,(H,19,20);7-8H,2-6H2,1H3;3-6H2,1-2H3;2H2,1H3/b4-3-,6-5-,16-13-;;;. The van der Waals surface area contributed by atoms with Crippen molar-refractivity contribution < 1.29 is 14.7 Å². The number of aliphatic carboxylic acids is 1. The molecule has 3 N–H and O–H groups in total. The number of aldehydes is 1. The molecule has 0 radical (unpaired) electrons. The highest BCUT2D eigenvalue weighted by atomic mass is 35.5. The van der Waals surface area contributed by atoms with Crippen LogP contribution in [0.25, 0.3) is 5.57 Å². The van der Waals surface area contributed by atoms with E-state index in [1.165, 1.54) is 45.6 Å². The summed E-state index contributed by atoms with van der Waals surface area (Å²) >= 11 is 6.13. The van der Waals surface area contributed by atoms with Crippen molar-refractivity contribution >= 4 is 29.4 Å². The Morgan fingerprint density at radius 1 is 1.11 bits per heavy atom. The number of nitrogens with zero attached hydrogens (tertiary/aromatic N) is 1. The van der Waals surface area contributed by atoms with E-state index in [1.54, 1.807) is 0 Å². The maximum atomic E-state index is 10.5. The lowest BCUT2D eigenvalue weighted by Gasteiger charge is -2.14. The highest BCUT2D eigenvalue weighted by Gasteiger charge is 2.13. The number of carbonyl (C=O) groups excluding carboxylic acids is 1. The van der Waals surface area contributed by atoms with Gasteiger partial charge in [0.1, 0.15) is 6.29 Å². The largest absolute Gasteiger partial charge is 0.481 e. The Morgan fingerprint density at radius 3 is 2.18 bits per heavy atom. The van der Waals surface area contributed by atoms with Gasteiger partial charge in [-0.3, -0.25) is 4.79 Å². The quantitative estimate of drug-likeness (QED) is 0.176. The molecule has 5 nitrogen and oxygen atoms in total. The fourth-order valence-corrected chi connectivity index (χ4v) is 3.93. The van der Waals surface area contributed by atoms with E-state index >= 15 is 0 Å². The van der Waals surface area contributed by atoms with Gasteiger partial charge in [0.2, 0.25) is 0 Å². The molecule has 1 heterocycles. The number of nitrogens with two attached hydrogens (primary N) is 1. The van der Waals surface area contributed by atoms with Crippen molar-refractivity contribution in [1.82, 2.24) is 4.90 Å². The predicted molar refractivity (Wildman–Crippen MR) is 166 cm³/mol. The van der Waals surface area contributed by atoms with E-state index in [0.29, 0.717) is 12.3 Å². The number of benzene rings is 1. The van der Waals surface area contributed by atoms with Gasteiger partial charge in [-0.1, -0.05) is 106 Å². The first kappa shape index (κ1) is 37.9. The van der Waals surface area contributed by atoms with Crippen molar-refractivity contribution in [3.05, 3.63) is 64.7 Å². The number of rotatable bonds is 10. The second kappa shape index (κ2) is 26.4. The predicted octanol–water partition coefficient (Wildman–Crippen LogP) is 7.88. The molecule has 1 aliphatic heterocycles. The molecule has 6 heteroatoms. The lowest BCUT2D eigenvalue weighted by atomic mass is 10.0. The molecule has 0 aliphatic carbocycles. The molecule has 38 heavy (non-hydrogen) atoms. The number of unbranched alkanes of at least 4 members (excludes halogenated alkanes) is 3. The normalized spacial score (nSPS) is 16.2. The zero-order valence-corrected chi connectivity index (χ0v) is 25.5. The Hall–Kier alpha value is -2.21. The average Bonchev–Trinajstić information content (AvgIpc) is 3.14. The lowest BCUT2D eigenvalue weighted by Crippen LogP contribution is -2.24. The highest BCUT2D eigenvalue weighted by Crippen LogP contribution is 2.23. The fourth-order valence-electron chi connectivity index (χ4n) is 3.76. The van der Waals surface area contributed by atoms with Crippen LogP contribution < -0.4 is 5.73 Å². The molecule has 0 saturated carbocycles. The van der Waals surface area contributed by atoms with Crippen LogP contribution in [0.1, 0.15) is 90.2 Å². The molecule has 2 rings (SSSR count). The van der Waals surface area contributed by atoms with Crippen LogP contribution in [0.15, 0.2) is 53.6 Å². The van der Waals surface area contributed by atoms with Gasteiger partial charge in [0.05, 0.1) is 0 Å². The van der Waals surface area contributed by atoms with E-state index in [0.717, 1.165) is 47.5 Å². The first-order chi connectivity index (χ1) is 18.3. The number of allylic oxidation sites excluding steroid dienone is 6. The number of likely N-dealkylation sites (tertiary alicyclic amines) is 1. The average molecular weight is 549 g/mol. The number of carboxylic acids is 1. The van der Waals surface area contributed by atoms with Crippen LogP contribution in [0, 0.1) is 5.92 Å². The van der Waals surface area contributed by atoms with Crippen LogP contribution in [0.4, 0.5) is 0 Å². The first-order valence-corrected chi connectivity index (χ1v) is 14.3. The van der Waals surface area contributed by atoms with Crippen LogP contribution in [-0.4, -0.2) is 49.4 Å². The molecule has 1 unspecified atom stereocenters. The minimum Gasteiger partial charge on any atom is -0.481 e. The van der Waals surface area contributed by atoms with Crippen molar-refractivity contribution in [1.29, 1.82) is 0 Å². The third-order valence-electron chi connectivity index (χ3n) is 5.89. The lowest BCUT2D eigenvalue weighted by molar-refractivity contribution is -0.137. The summed E-state index contributed by atoms with van der Waals surface area (Å²) < 4.78 is 0. The van der Waals surface area contributed by atoms with Crippen molar-refractivity contribution in [3.63, 3.8) is 0 Å². The van der Waals surface area contributed by atoms with Gasteiger partial charge in [0.15, 0.2) is 0 Å². The topological polar surface area (TPSA) is 83.6 Å². The number of halogens is 1. The number of hydrogen-bond donors (Lipinski definition) is 2. The Kier molecular flexibility index (Phi) is 26.4. The SMILES string of the molecule is CCCCCC.CN.CN1CCCCC(C=O)C1.C\C=C/C=C\C(=C(/C)Cl)c1ccc(CCC(=O)O)cc1. The van der Waals surface area contributed by atoms with Gasteiger partial charge in [-0.2, -0.15) is 0 Å². The fraction of sp³-hybridized carbons (Fsp3) is 0.562. The minimum absolute atomic E-state index is 0.151. The Labute approximate surface area is 237 Å². The van der Waals surface area contributed by atoms with Gasteiger partial charge in [0.25, 0.3) is 0 Å². The molecular formula is C32H53ClN2O3. The molecule has 1 aromatic rings. The van der Waals surface area contributed by atoms with E-state index in [9.17, 15) is 9.59 Å². The molecular weight excluding hydrogens is 496 g/mol. The van der Waals surface area contributed by atoms with E-state index < -0.39 is 5.97 Å². The van der Waals surface area contributed by atoms with Crippen LogP contribution in [0.5, 0.6) is 0 Å². The second-order valence-corrected chi connectivity index (χ2v) is 9.85. The zero-order valence-electron chi connectivity index (χ0n) is 24.7. The van der Waals surface area contributed by atoms with Crippen molar-refractivity contribution in [2.45, 2.75) is 85.5 Å². The number of carboxylic acid groups (broad SMARTS) is 1. The van der Waals surface area contributed by atoms with Crippen LogP contribution in [0.3, 0.4) is 0 Å². The molecule has 1 fully saturated rings. The summed E-state index contributed by atoms with van der Waals surface area (Å²) in [5, 5.41) is 9.40. The molecule has 0 amide bonds. The summed E-state index contributed by atoms with van der Waals surface area (Å²) in [7, 11) is 3.59. The van der Waals surface area contributed by atoms with Gasteiger partial charge >= 0.3 is 5.97 Å². The Balaban J connectivity index is 0. The zero-order chi connectivity index (χ0) is 29.2. The third kappa shape index (κ3) is 20.8. The summed E-state index contributed by atoms with van der Waals surface area (Å²) in [5.41, 5.74) is 7.51. The summed E-state index contributed by atoms with van der Waals surface area (Å²) in [5.74, 6) is -0.479. The molecule has 1 aromatic carbocycles. The van der Waals surface area contributed by atoms with Gasteiger partial charge in [-0.15, -0.1) is 0 Å². The van der Waals surface area contributed by atoms with E-state index in [1.807, 2.05) is 62.4 Å². The molecule has 1 saturated heterocycles. The number of aryl methyl sites for hydroxylation is 1. The maximum Gasteiger partial charge on any atom is 0.303 e.